The lowest BCUT2D eigenvalue weighted by Gasteiger charge is -2.32. The minimum Gasteiger partial charge on any atom is -0.447 e. The number of hydrogen-bond donors (Lipinski definition) is 0. The molecule has 0 atom stereocenters. The minimum atomic E-state index is -0.255. The van der Waals surface area contributed by atoms with Crippen LogP contribution < -0.4 is 0 Å². The highest BCUT2D eigenvalue weighted by molar-refractivity contribution is 5.67. The van der Waals surface area contributed by atoms with Gasteiger partial charge in [-0.15, -0.1) is 0 Å². The second-order valence-electron chi connectivity index (χ2n) is 4.92. The van der Waals surface area contributed by atoms with Crippen LogP contribution in [0.2, 0.25) is 0 Å². The van der Waals surface area contributed by atoms with Crippen LogP contribution in [0.4, 0.5) is 4.79 Å². The second kappa shape index (κ2) is 5.74. The summed E-state index contributed by atoms with van der Waals surface area (Å²) >= 11 is 0. The van der Waals surface area contributed by atoms with Gasteiger partial charge in [0.15, 0.2) is 0 Å². The first-order valence-corrected chi connectivity index (χ1v) is 6.51. The molecule has 1 amide bonds. The third-order valence-corrected chi connectivity index (χ3v) is 3.19. The SMILES string of the molecule is CC(C)OC(=O)N1CCC(n2nccc2C#N)CC1. The Morgan fingerprint density at radius 1 is 1.53 bits per heavy atom. The molecule has 19 heavy (non-hydrogen) atoms. The molecule has 0 saturated carbocycles. The lowest BCUT2D eigenvalue weighted by Crippen LogP contribution is -2.40. The molecule has 6 nitrogen and oxygen atoms in total. The highest BCUT2D eigenvalue weighted by Crippen LogP contribution is 2.23. The summed E-state index contributed by atoms with van der Waals surface area (Å²) in [6.45, 7) is 4.96. The summed E-state index contributed by atoms with van der Waals surface area (Å²) in [6, 6.07) is 4.02. The number of likely N-dealkylation sites (tertiary alicyclic amines) is 1. The van der Waals surface area contributed by atoms with Gasteiger partial charge in [-0.1, -0.05) is 0 Å². The van der Waals surface area contributed by atoms with Crippen LogP contribution in [0, 0.1) is 11.3 Å². The first-order chi connectivity index (χ1) is 9.11. The van der Waals surface area contributed by atoms with Crippen molar-refractivity contribution in [2.75, 3.05) is 13.1 Å². The van der Waals surface area contributed by atoms with Crippen LogP contribution in [0.3, 0.4) is 0 Å². The van der Waals surface area contributed by atoms with Crippen LogP contribution in [0.1, 0.15) is 38.4 Å². The predicted molar refractivity (Wildman–Crippen MR) is 68.4 cm³/mol. The number of carbonyl (C=O) groups is 1. The second-order valence-corrected chi connectivity index (χ2v) is 4.92. The van der Waals surface area contributed by atoms with Crippen molar-refractivity contribution in [2.24, 2.45) is 0 Å². The molecule has 0 unspecified atom stereocenters. The first-order valence-electron chi connectivity index (χ1n) is 6.51. The van der Waals surface area contributed by atoms with Gasteiger partial charge in [-0.3, -0.25) is 4.68 Å². The Morgan fingerprint density at radius 3 is 2.79 bits per heavy atom. The standard InChI is InChI=1S/C13H18N4O2/c1-10(2)19-13(18)16-7-4-11(5-8-16)17-12(9-14)3-6-15-17/h3,6,10-11H,4-5,7-8H2,1-2H3. The number of aromatic nitrogens is 2. The zero-order valence-corrected chi connectivity index (χ0v) is 11.2. The van der Waals surface area contributed by atoms with Crippen molar-refractivity contribution < 1.29 is 9.53 Å². The molecule has 0 bridgehead atoms. The van der Waals surface area contributed by atoms with E-state index < -0.39 is 0 Å². The molecule has 6 heteroatoms. The molecule has 1 aliphatic heterocycles. The van der Waals surface area contributed by atoms with Crippen molar-refractivity contribution in [1.29, 1.82) is 5.26 Å². The van der Waals surface area contributed by atoms with Gasteiger partial charge in [-0.05, 0) is 32.8 Å². The molecule has 0 N–H and O–H groups in total. The zero-order valence-electron chi connectivity index (χ0n) is 11.2. The molecule has 1 fully saturated rings. The average Bonchev–Trinajstić information content (AvgIpc) is 2.86. The smallest absolute Gasteiger partial charge is 0.410 e. The summed E-state index contributed by atoms with van der Waals surface area (Å²) in [5, 5.41) is 13.2. The molecule has 0 radical (unpaired) electrons. The van der Waals surface area contributed by atoms with Gasteiger partial charge in [0.1, 0.15) is 11.8 Å². The summed E-state index contributed by atoms with van der Waals surface area (Å²) in [6.07, 6.45) is 2.88. The van der Waals surface area contributed by atoms with Crippen molar-refractivity contribution in [3.05, 3.63) is 18.0 Å². The fraction of sp³-hybridized carbons (Fsp3) is 0.615. The number of nitrogens with zero attached hydrogens (tertiary/aromatic N) is 4. The van der Waals surface area contributed by atoms with Gasteiger partial charge >= 0.3 is 6.09 Å². The van der Waals surface area contributed by atoms with Crippen molar-refractivity contribution >= 4 is 6.09 Å². The fourth-order valence-electron chi connectivity index (χ4n) is 2.26. The van der Waals surface area contributed by atoms with E-state index in [0.29, 0.717) is 18.8 Å². The van der Waals surface area contributed by atoms with Crippen LogP contribution in [-0.4, -0.2) is 40.0 Å². The van der Waals surface area contributed by atoms with E-state index in [1.165, 1.54) is 0 Å². The zero-order chi connectivity index (χ0) is 13.8. The summed E-state index contributed by atoms with van der Waals surface area (Å²) in [5.74, 6) is 0. The van der Waals surface area contributed by atoms with E-state index >= 15 is 0 Å². The van der Waals surface area contributed by atoms with Crippen molar-refractivity contribution in [3.63, 3.8) is 0 Å². The summed E-state index contributed by atoms with van der Waals surface area (Å²) in [4.78, 5) is 13.5. The van der Waals surface area contributed by atoms with Crippen LogP contribution in [-0.2, 0) is 4.74 Å². The normalized spacial score (nSPS) is 16.4. The van der Waals surface area contributed by atoms with E-state index in [1.807, 2.05) is 13.8 Å². The Morgan fingerprint density at radius 2 is 2.21 bits per heavy atom. The van der Waals surface area contributed by atoms with Crippen molar-refractivity contribution in [3.8, 4) is 6.07 Å². The molecule has 1 aromatic heterocycles. The largest absolute Gasteiger partial charge is 0.447 e. The quantitative estimate of drug-likeness (QED) is 0.816. The molecule has 0 spiro atoms. The molecule has 2 rings (SSSR count). The van der Waals surface area contributed by atoms with Gasteiger partial charge in [0.05, 0.1) is 18.3 Å². The minimum absolute atomic E-state index is 0.0958. The molecule has 102 valence electrons. The predicted octanol–water partition coefficient (Wildman–Crippen LogP) is 1.94. The topological polar surface area (TPSA) is 71.2 Å². The number of rotatable bonds is 2. The lowest BCUT2D eigenvalue weighted by molar-refractivity contribution is 0.0653. The molecule has 2 heterocycles. The number of ether oxygens (including phenoxy) is 1. The van der Waals surface area contributed by atoms with E-state index in [0.717, 1.165) is 12.8 Å². The number of piperidine rings is 1. The maximum absolute atomic E-state index is 11.8. The van der Waals surface area contributed by atoms with E-state index in [-0.39, 0.29) is 18.2 Å². The highest BCUT2D eigenvalue weighted by atomic mass is 16.6. The molecule has 0 aliphatic carbocycles. The van der Waals surface area contributed by atoms with E-state index in [4.69, 9.17) is 10.00 Å². The van der Waals surface area contributed by atoms with E-state index in [9.17, 15) is 4.79 Å². The molecule has 1 aliphatic rings. The molecule has 1 saturated heterocycles. The maximum atomic E-state index is 11.8. The number of nitriles is 1. The van der Waals surface area contributed by atoms with Crippen LogP contribution in [0.25, 0.3) is 0 Å². The van der Waals surface area contributed by atoms with Gasteiger partial charge in [0.2, 0.25) is 0 Å². The van der Waals surface area contributed by atoms with Crippen LogP contribution >= 0.6 is 0 Å². The third-order valence-electron chi connectivity index (χ3n) is 3.19. The van der Waals surface area contributed by atoms with Crippen LogP contribution in [0.15, 0.2) is 12.3 Å². The van der Waals surface area contributed by atoms with Gasteiger partial charge in [-0.25, -0.2) is 4.79 Å². The van der Waals surface area contributed by atoms with Gasteiger partial charge in [0, 0.05) is 13.1 Å². The monoisotopic (exact) mass is 262 g/mol. The number of carbonyl (C=O) groups excluding carboxylic acids is 1. The van der Waals surface area contributed by atoms with Gasteiger partial charge in [-0.2, -0.15) is 10.4 Å². The Kier molecular flexibility index (Phi) is 4.05. The van der Waals surface area contributed by atoms with Crippen molar-refractivity contribution in [2.45, 2.75) is 38.8 Å². The fourth-order valence-corrected chi connectivity index (χ4v) is 2.26. The van der Waals surface area contributed by atoms with E-state index in [1.54, 1.807) is 21.8 Å². The first kappa shape index (κ1) is 13.4. The van der Waals surface area contributed by atoms with Gasteiger partial charge < -0.3 is 9.64 Å². The van der Waals surface area contributed by atoms with Crippen molar-refractivity contribution in [1.82, 2.24) is 14.7 Å². The summed E-state index contributed by atoms with van der Waals surface area (Å²) in [7, 11) is 0. The molecule has 1 aromatic rings. The Balaban J connectivity index is 1.93. The molecular weight excluding hydrogens is 244 g/mol. The number of hydrogen-bond acceptors (Lipinski definition) is 4. The molecular formula is C13H18N4O2. The highest BCUT2D eigenvalue weighted by Gasteiger charge is 2.26. The summed E-state index contributed by atoms with van der Waals surface area (Å²) < 4.78 is 6.93. The molecule has 0 aromatic carbocycles. The lowest BCUT2D eigenvalue weighted by atomic mass is 10.1. The van der Waals surface area contributed by atoms with E-state index in [2.05, 4.69) is 11.2 Å². The van der Waals surface area contributed by atoms with Gasteiger partial charge in [0.25, 0.3) is 0 Å². The average molecular weight is 262 g/mol. The Hall–Kier alpha value is -2.03. The third kappa shape index (κ3) is 3.05. The van der Waals surface area contributed by atoms with Crippen LogP contribution in [0.5, 0.6) is 0 Å². The Labute approximate surface area is 112 Å². The maximum Gasteiger partial charge on any atom is 0.410 e. The Bertz CT molecular complexity index is 481. The summed E-state index contributed by atoms with van der Waals surface area (Å²) in [5.41, 5.74) is 0.572. The number of amides is 1.